The number of carbonyl (C=O) groups is 2. The maximum atomic E-state index is 11.7. The van der Waals surface area contributed by atoms with Crippen molar-refractivity contribution >= 4 is 43.8 Å². The molecule has 0 aliphatic rings. The van der Waals surface area contributed by atoms with Gasteiger partial charge in [0.1, 0.15) is 0 Å². The number of hydrogen-bond donors (Lipinski definition) is 2. The zero-order valence-electron chi connectivity index (χ0n) is 11.6. The van der Waals surface area contributed by atoms with Crippen LogP contribution in [0.3, 0.4) is 0 Å². The van der Waals surface area contributed by atoms with Crippen molar-refractivity contribution in [3.8, 4) is 11.1 Å². The third-order valence-corrected chi connectivity index (χ3v) is 4.68. The van der Waals surface area contributed by atoms with Crippen LogP contribution in [0.25, 0.3) is 11.1 Å². The highest BCUT2D eigenvalue weighted by molar-refractivity contribution is 9.10. The standard InChI is InChI=1S/C16H12Br2O4/c1-8-5-6-10(15(19)20)14(13(8)16(21)22)9-3-2-4-12(18)11(9)7-17/h2-6H,7H2,1H3,(H,19,20)(H,21,22). The summed E-state index contributed by atoms with van der Waals surface area (Å²) in [5, 5.41) is 19.4. The Bertz CT molecular complexity index is 769. The van der Waals surface area contributed by atoms with Gasteiger partial charge in [0.25, 0.3) is 0 Å². The van der Waals surface area contributed by atoms with Gasteiger partial charge in [0, 0.05) is 15.4 Å². The van der Waals surface area contributed by atoms with E-state index in [0.29, 0.717) is 16.5 Å². The summed E-state index contributed by atoms with van der Waals surface area (Å²) in [6, 6.07) is 8.28. The van der Waals surface area contributed by atoms with Gasteiger partial charge in [-0.25, -0.2) is 9.59 Å². The number of aromatic carboxylic acids is 2. The minimum Gasteiger partial charge on any atom is -0.478 e. The molecule has 2 rings (SSSR count). The molecule has 0 aromatic heterocycles. The molecule has 6 heteroatoms. The number of halogens is 2. The van der Waals surface area contributed by atoms with E-state index in [4.69, 9.17) is 0 Å². The molecule has 0 atom stereocenters. The van der Waals surface area contributed by atoms with Gasteiger partial charge in [0.15, 0.2) is 0 Å². The average molecular weight is 428 g/mol. The summed E-state index contributed by atoms with van der Waals surface area (Å²) in [4.78, 5) is 23.2. The largest absolute Gasteiger partial charge is 0.478 e. The van der Waals surface area contributed by atoms with Crippen molar-refractivity contribution in [3.05, 3.63) is 57.1 Å². The van der Waals surface area contributed by atoms with Crippen molar-refractivity contribution in [2.75, 3.05) is 0 Å². The molecule has 0 unspecified atom stereocenters. The fourth-order valence-electron chi connectivity index (χ4n) is 2.37. The molecule has 114 valence electrons. The van der Waals surface area contributed by atoms with E-state index in [9.17, 15) is 19.8 Å². The first-order chi connectivity index (χ1) is 10.4. The second-order valence-electron chi connectivity index (χ2n) is 4.69. The zero-order valence-corrected chi connectivity index (χ0v) is 14.7. The van der Waals surface area contributed by atoms with Gasteiger partial charge in [0.05, 0.1) is 11.1 Å². The molecule has 0 aliphatic heterocycles. The van der Waals surface area contributed by atoms with Crippen LogP contribution < -0.4 is 0 Å². The Balaban J connectivity index is 2.95. The van der Waals surface area contributed by atoms with E-state index < -0.39 is 11.9 Å². The van der Waals surface area contributed by atoms with Crippen molar-refractivity contribution in [2.24, 2.45) is 0 Å². The Morgan fingerprint density at radius 3 is 2.32 bits per heavy atom. The van der Waals surface area contributed by atoms with E-state index in [0.717, 1.165) is 10.0 Å². The van der Waals surface area contributed by atoms with Gasteiger partial charge < -0.3 is 10.2 Å². The predicted molar refractivity (Wildman–Crippen MR) is 90.9 cm³/mol. The highest BCUT2D eigenvalue weighted by Gasteiger charge is 2.24. The van der Waals surface area contributed by atoms with Crippen molar-refractivity contribution in [1.82, 2.24) is 0 Å². The summed E-state index contributed by atoms with van der Waals surface area (Å²) in [6.07, 6.45) is 0. The predicted octanol–water partition coefficient (Wildman–Crippen LogP) is 4.72. The molecule has 0 bridgehead atoms. The van der Waals surface area contributed by atoms with E-state index >= 15 is 0 Å². The first-order valence-corrected chi connectivity index (χ1v) is 8.23. The molecule has 22 heavy (non-hydrogen) atoms. The van der Waals surface area contributed by atoms with Crippen LogP contribution >= 0.6 is 31.9 Å². The molecule has 0 fully saturated rings. The van der Waals surface area contributed by atoms with Crippen LogP contribution in [0.5, 0.6) is 0 Å². The Hall–Kier alpha value is -1.66. The molecule has 0 amide bonds. The lowest BCUT2D eigenvalue weighted by molar-refractivity contribution is 0.0695. The smallest absolute Gasteiger partial charge is 0.336 e. The summed E-state index contributed by atoms with van der Waals surface area (Å²) in [5.74, 6) is -2.30. The van der Waals surface area contributed by atoms with Crippen molar-refractivity contribution in [2.45, 2.75) is 12.3 Å². The van der Waals surface area contributed by atoms with Gasteiger partial charge in [-0.15, -0.1) is 0 Å². The number of alkyl halides is 1. The normalized spacial score (nSPS) is 10.5. The van der Waals surface area contributed by atoms with Gasteiger partial charge in [-0.2, -0.15) is 0 Å². The second kappa shape index (κ2) is 6.62. The van der Waals surface area contributed by atoms with Crippen LogP contribution in [-0.4, -0.2) is 22.2 Å². The summed E-state index contributed by atoms with van der Waals surface area (Å²) < 4.78 is 0.788. The number of rotatable bonds is 4. The first-order valence-electron chi connectivity index (χ1n) is 6.32. The zero-order chi connectivity index (χ0) is 16.4. The number of aryl methyl sites for hydroxylation is 1. The number of hydrogen-bond acceptors (Lipinski definition) is 2. The van der Waals surface area contributed by atoms with Gasteiger partial charge >= 0.3 is 11.9 Å². The van der Waals surface area contributed by atoms with Crippen LogP contribution in [0.1, 0.15) is 31.8 Å². The van der Waals surface area contributed by atoms with Gasteiger partial charge in [-0.05, 0) is 35.7 Å². The van der Waals surface area contributed by atoms with Crippen LogP contribution in [0.2, 0.25) is 0 Å². The molecule has 0 saturated heterocycles. The molecule has 4 nitrogen and oxygen atoms in total. The molecule has 0 radical (unpaired) electrons. The lowest BCUT2D eigenvalue weighted by atomic mass is 9.89. The Morgan fingerprint density at radius 2 is 1.77 bits per heavy atom. The third-order valence-electron chi connectivity index (χ3n) is 3.38. The monoisotopic (exact) mass is 426 g/mol. The van der Waals surface area contributed by atoms with E-state index in [2.05, 4.69) is 31.9 Å². The molecular formula is C16H12Br2O4. The minimum absolute atomic E-state index is 0.0141. The quantitative estimate of drug-likeness (QED) is 0.692. The lowest BCUT2D eigenvalue weighted by Crippen LogP contribution is -2.10. The van der Waals surface area contributed by atoms with Crippen molar-refractivity contribution < 1.29 is 19.8 Å². The summed E-state index contributed by atoms with van der Waals surface area (Å²) >= 11 is 6.79. The maximum absolute atomic E-state index is 11.7. The van der Waals surface area contributed by atoms with Crippen LogP contribution in [-0.2, 0) is 5.33 Å². The van der Waals surface area contributed by atoms with E-state index in [1.54, 1.807) is 19.1 Å². The Morgan fingerprint density at radius 1 is 1.09 bits per heavy atom. The lowest BCUT2D eigenvalue weighted by Gasteiger charge is -2.16. The average Bonchev–Trinajstić information content (AvgIpc) is 2.45. The van der Waals surface area contributed by atoms with Gasteiger partial charge in [0.2, 0.25) is 0 Å². The Kier molecular flexibility index (Phi) is 5.03. The van der Waals surface area contributed by atoms with Crippen LogP contribution in [0.4, 0.5) is 0 Å². The van der Waals surface area contributed by atoms with Gasteiger partial charge in [-0.3, -0.25) is 0 Å². The fourth-order valence-corrected chi connectivity index (χ4v) is 3.86. The summed E-state index contributed by atoms with van der Waals surface area (Å²) in [6.45, 7) is 1.66. The highest BCUT2D eigenvalue weighted by atomic mass is 79.9. The molecule has 0 saturated carbocycles. The summed E-state index contributed by atoms with van der Waals surface area (Å²) in [5.41, 5.74) is 2.13. The molecule has 0 spiro atoms. The van der Waals surface area contributed by atoms with Crippen LogP contribution in [0.15, 0.2) is 34.8 Å². The Labute approximate surface area is 144 Å². The third kappa shape index (κ3) is 2.94. The minimum atomic E-state index is -1.15. The van der Waals surface area contributed by atoms with E-state index in [-0.39, 0.29) is 16.7 Å². The number of benzene rings is 2. The molecule has 2 aromatic carbocycles. The molecule has 2 aromatic rings. The molecular weight excluding hydrogens is 416 g/mol. The molecule has 2 N–H and O–H groups in total. The first kappa shape index (κ1) is 16.7. The van der Waals surface area contributed by atoms with Crippen LogP contribution in [0, 0.1) is 6.92 Å². The fraction of sp³-hybridized carbons (Fsp3) is 0.125. The molecule has 0 aliphatic carbocycles. The highest BCUT2D eigenvalue weighted by Crippen LogP contribution is 2.36. The van der Waals surface area contributed by atoms with Crippen molar-refractivity contribution in [3.63, 3.8) is 0 Å². The van der Waals surface area contributed by atoms with Crippen molar-refractivity contribution in [1.29, 1.82) is 0 Å². The van der Waals surface area contributed by atoms with E-state index in [1.807, 2.05) is 6.07 Å². The second-order valence-corrected chi connectivity index (χ2v) is 6.10. The number of carboxylic acid groups (broad SMARTS) is 2. The maximum Gasteiger partial charge on any atom is 0.336 e. The van der Waals surface area contributed by atoms with Gasteiger partial charge in [-0.1, -0.05) is 50.1 Å². The summed E-state index contributed by atoms with van der Waals surface area (Å²) in [7, 11) is 0. The van der Waals surface area contributed by atoms with E-state index in [1.165, 1.54) is 12.1 Å². The topological polar surface area (TPSA) is 74.6 Å². The SMILES string of the molecule is Cc1ccc(C(=O)O)c(-c2cccc(Br)c2CBr)c1C(=O)O. The number of carboxylic acids is 2. The molecule has 0 heterocycles.